The van der Waals surface area contributed by atoms with E-state index in [1.807, 2.05) is 0 Å². The first-order valence-electron chi connectivity index (χ1n) is 6.15. The van der Waals surface area contributed by atoms with E-state index in [0.29, 0.717) is 11.5 Å². The van der Waals surface area contributed by atoms with E-state index in [1.165, 1.54) is 32.4 Å². The molecule has 0 aromatic carbocycles. The summed E-state index contributed by atoms with van der Waals surface area (Å²) >= 11 is 0. The van der Waals surface area contributed by atoms with Crippen LogP contribution in [0.1, 0.15) is 38.5 Å². The zero-order valence-corrected chi connectivity index (χ0v) is 9.11. The van der Waals surface area contributed by atoms with E-state index < -0.39 is 5.97 Å². The van der Waals surface area contributed by atoms with E-state index in [2.05, 4.69) is 4.90 Å². The molecule has 0 aromatic heterocycles. The SMILES string of the molecule is O=C(O)C1CCC(N2CC3(CCC3)C2)C1. The van der Waals surface area contributed by atoms with Crippen LogP contribution in [0.5, 0.6) is 0 Å². The molecule has 1 saturated heterocycles. The van der Waals surface area contributed by atoms with Crippen molar-refractivity contribution in [1.29, 1.82) is 0 Å². The molecule has 0 bridgehead atoms. The van der Waals surface area contributed by atoms with Gasteiger partial charge in [0.15, 0.2) is 0 Å². The molecule has 15 heavy (non-hydrogen) atoms. The molecule has 0 aromatic rings. The molecule has 1 heterocycles. The van der Waals surface area contributed by atoms with Crippen LogP contribution in [0.2, 0.25) is 0 Å². The monoisotopic (exact) mass is 209 g/mol. The summed E-state index contributed by atoms with van der Waals surface area (Å²) in [5.74, 6) is -0.649. The van der Waals surface area contributed by atoms with Gasteiger partial charge in [-0.2, -0.15) is 0 Å². The molecule has 1 N–H and O–H groups in total. The number of hydrogen-bond acceptors (Lipinski definition) is 2. The van der Waals surface area contributed by atoms with Crippen molar-refractivity contribution in [2.45, 2.75) is 44.6 Å². The minimum Gasteiger partial charge on any atom is -0.481 e. The average Bonchev–Trinajstić information content (AvgIpc) is 2.47. The standard InChI is InChI=1S/C12H19NO2/c14-11(15)9-2-3-10(6-9)13-7-12(8-13)4-1-5-12/h9-10H,1-8H2,(H,14,15). The van der Waals surface area contributed by atoms with E-state index in [4.69, 9.17) is 5.11 Å². The molecular formula is C12H19NO2. The van der Waals surface area contributed by atoms with Gasteiger partial charge in [0.05, 0.1) is 5.92 Å². The maximum Gasteiger partial charge on any atom is 0.306 e. The van der Waals surface area contributed by atoms with Crippen LogP contribution in [0, 0.1) is 11.3 Å². The fraction of sp³-hybridized carbons (Fsp3) is 0.917. The van der Waals surface area contributed by atoms with Gasteiger partial charge in [0, 0.05) is 19.1 Å². The topological polar surface area (TPSA) is 40.5 Å². The van der Waals surface area contributed by atoms with Gasteiger partial charge >= 0.3 is 5.97 Å². The third kappa shape index (κ3) is 1.48. The van der Waals surface area contributed by atoms with Crippen LogP contribution in [-0.4, -0.2) is 35.1 Å². The van der Waals surface area contributed by atoms with Gasteiger partial charge in [-0.05, 0) is 37.5 Å². The maximum absolute atomic E-state index is 10.9. The van der Waals surface area contributed by atoms with Crippen LogP contribution in [0.15, 0.2) is 0 Å². The molecule has 0 amide bonds. The largest absolute Gasteiger partial charge is 0.481 e. The molecule has 3 aliphatic rings. The van der Waals surface area contributed by atoms with Crippen molar-refractivity contribution < 1.29 is 9.90 Å². The van der Waals surface area contributed by atoms with Crippen LogP contribution in [-0.2, 0) is 4.79 Å². The Labute approximate surface area is 90.5 Å². The molecule has 3 heteroatoms. The van der Waals surface area contributed by atoms with Crippen LogP contribution in [0.4, 0.5) is 0 Å². The second-order valence-electron chi connectivity index (χ2n) is 5.76. The zero-order chi connectivity index (χ0) is 10.5. The Morgan fingerprint density at radius 3 is 2.47 bits per heavy atom. The number of carboxylic acids is 1. The first-order chi connectivity index (χ1) is 7.19. The summed E-state index contributed by atoms with van der Waals surface area (Å²) < 4.78 is 0. The Balaban J connectivity index is 1.51. The molecule has 3 nitrogen and oxygen atoms in total. The quantitative estimate of drug-likeness (QED) is 0.753. The third-order valence-corrected chi connectivity index (χ3v) is 4.76. The highest BCUT2D eigenvalue weighted by molar-refractivity contribution is 5.70. The fourth-order valence-corrected chi connectivity index (χ4v) is 3.58. The van der Waals surface area contributed by atoms with Gasteiger partial charge in [0.1, 0.15) is 0 Å². The number of rotatable bonds is 2. The summed E-state index contributed by atoms with van der Waals surface area (Å²) in [6, 6.07) is 0.581. The van der Waals surface area contributed by atoms with Crippen molar-refractivity contribution in [3.63, 3.8) is 0 Å². The number of likely N-dealkylation sites (tertiary alicyclic amines) is 1. The molecular weight excluding hydrogens is 190 g/mol. The predicted octanol–water partition coefficient (Wildman–Crippen LogP) is 1.73. The third-order valence-electron chi connectivity index (χ3n) is 4.76. The minimum absolute atomic E-state index is 0.0621. The lowest BCUT2D eigenvalue weighted by molar-refractivity contribution is -0.141. The highest BCUT2D eigenvalue weighted by Gasteiger charge is 2.50. The van der Waals surface area contributed by atoms with Crippen molar-refractivity contribution in [3.05, 3.63) is 0 Å². The number of carbonyl (C=O) groups is 1. The van der Waals surface area contributed by atoms with Gasteiger partial charge < -0.3 is 5.11 Å². The first kappa shape index (κ1) is 9.64. The van der Waals surface area contributed by atoms with Crippen LogP contribution < -0.4 is 0 Å². The fourth-order valence-electron chi connectivity index (χ4n) is 3.58. The summed E-state index contributed by atoms with van der Waals surface area (Å²) in [5.41, 5.74) is 0.682. The number of nitrogens with zero attached hydrogens (tertiary/aromatic N) is 1. The highest BCUT2D eigenvalue weighted by atomic mass is 16.4. The van der Waals surface area contributed by atoms with Gasteiger partial charge in [0.25, 0.3) is 0 Å². The maximum atomic E-state index is 10.9. The molecule has 2 unspecified atom stereocenters. The smallest absolute Gasteiger partial charge is 0.306 e. The van der Waals surface area contributed by atoms with Crippen LogP contribution in [0.3, 0.4) is 0 Å². The minimum atomic E-state index is -0.587. The molecule has 2 atom stereocenters. The molecule has 1 aliphatic heterocycles. The summed E-state index contributed by atoms with van der Waals surface area (Å²) in [6.45, 7) is 2.51. The Morgan fingerprint density at radius 1 is 1.27 bits per heavy atom. The van der Waals surface area contributed by atoms with Crippen LogP contribution in [0.25, 0.3) is 0 Å². The van der Waals surface area contributed by atoms with Gasteiger partial charge in [-0.25, -0.2) is 0 Å². The van der Waals surface area contributed by atoms with E-state index in [-0.39, 0.29) is 5.92 Å². The van der Waals surface area contributed by atoms with Crippen molar-refractivity contribution in [2.24, 2.45) is 11.3 Å². The number of aliphatic carboxylic acids is 1. The van der Waals surface area contributed by atoms with Gasteiger partial charge in [-0.3, -0.25) is 9.69 Å². The molecule has 84 valence electrons. The number of carboxylic acid groups (broad SMARTS) is 1. The highest BCUT2D eigenvalue weighted by Crippen LogP contribution is 2.50. The summed E-state index contributed by atoms with van der Waals surface area (Å²) in [4.78, 5) is 13.4. The Morgan fingerprint density at radius 2 is 2.00 bits per heavy atom. The molecule has 3 rings (SSSR count). The predicted molar refractivity (Wildman–Crippen MR) is 56.6 cm³/mol. The summed E-state index contributed by atoms with van der Waals surface area (Å²) in [7, 11) is 0. The zero-order valence-electron chi connectivity index (χ0n) is 9.11. The lowest BCUT2D eigenvalue weighted by Gasteiger charge is -2.58. The normalized spacial score (nSPS) is 38.7. The molecule has 0 radical (unpaired) electrons. The van der Waals surface area contributed by atoms with Crippen molar-refractivity contribution in [3.8, 4) is 0 Å². The molecule has 1 spiro atoms. The van der Waals surface area contributed by atoms with E-state index >= 15 is 0 Å². The molecule has 2 saturated carbocycles. The van der Waals surface area contributed by atoms with E-state index in [9.17, 15) is 4.79 Å². The van der Waals surface area contributed by atoms with E-state index in [1.54, 1.807) is 0 Å². The Bertz CT molecular complexity index is 277. The number of hydrogen-bond donors (Lipinski definition) is 1. The van der Waals surface area contributed by atoms with Crippen molar-refractivity contribution >= 4 is 5.97 Å². The molecule has 3 fully saturated rings. The van der Waals surface area contributed by atoms with Crippen molar-refractivity contribution in [2.75, 3.05) is 13.1 Å². The second-order valence-corrected chi connectivity index (χ2v) is 5.76. The first-order valence-corrected chi connectivity index (χ1v) is 6.15. The average molecular weight is 209 g/mol. The molecule has 2 aliphatic carbocycles. The van der Waals surface area contributed by atoms with Gasteiger partial charge in [-0.15, -0.1) is 0 Å². The van der Waals surface area contributed by atoms with Crippen molar-refractivity contribution in [1.82, 2.24) is 4.90 Å². The lowest BCUT2D eigenvalue weighted by Crippen LogP contribution is -2.62. The Kier molecular flexibility index (Phi) is 2.06. The van der Waals surface area contributed by atoms with E-state index in [0.717, 1.165) is 19.3 Å². The van der Waals surface area contributed by atoms with Gasteiger partial charge in [-0.1, -0.05) is 6.42 Å². The van der Waals surface area contributed by atoms with Crippen LogP contribution >= 0.6 is 0 Å². The second kappa shape index (κ2) is 3.21. The summed E-state index contributed by atoms with van der Waals surface area (Å²) in [5, 5.41) is 8.95. The Hall–Kier alpha value is -0.570. The van der Waals surface area contributed by atoms with Gasteiger partial charge in [0.2, 0.25) is 0 Å². The summed E-state index contributed by atoms with van der Waals surface area (Å²) in [6.07, 6.45) is 7.13. The lowest BCUT2D eigenvalue weighted by atomic mass is 9.63.